The van der Waals surface area contributed by atoms with Gasteiger partial charge in [0.1, 0.15) is 22.7 Å². The molecule has 122 valence electrons. The average Bonchev–Trinajstić information content (AvgIpc) is 3.23. The van der Waals surface area contributed by atoms with Gasteiger partial charge in [-0.1, -0.05) is 41.7 Å². The molecule has 1 aromatic heterocycles. The van der Waals surface area contributed by atoms with E-state index in [0.29, 0.717) is 41.4 Å². The Kier molecular flexibility index (Phi) is 4.87. The number of nitriles is 1. The highest BCUT2D eigenvalue weighted by Crippen LogP contribution is 2.32. The van der Waals surface area contributed by atoms with Crippen LogP contribution in [0, 0.1) is 17.2 Å². The molecule has 0 bridgehead atoms. The second-order valence-electron chi connectivity index (χ2n) is 5.53. The molecule has 3 rings (SSSR count). The third-order valence-corrected chi connectivity index (χ3v) is 4.88. The van der Waals surface area contributed by atoms with Gasteiger partial charge in [0.05, 0.1) is 0 Å². The minimum atomic E-state index is -0.204. The molecule has 0 saturated heterocycles. The van der Waals surface area contributed by atoms with Crippen molar-refractivity contribution in [1.82, 2.24) is 4.98 Å². The van der Waals surface area contributed by atoms with Crippen molar-refractivity contribution in [2.24, 2.45) is 5.92 Å². The molecule has 1 heterocycles. The Hall–Kier alpha value is -2.72. The normalized spacial score (nSPS) is 19.5. The molecule has 7 heteroatoms. The number of ether oxygens (including phenoxy) is 1. The first-order valence-corrected chi connectivity index (χ1v) is 8.39. The zero-order chi connectivity index (χ0) is 16.9. The van der Waals surface area contributed by atoms with E-state index >= 15 is 0 Å². The van der Waals surface area contributed by atoms with E-state index in [2.05, 4.69) is 16.4 Å². The van der Waals surface area contributed by atoms with Gasteiger partial charge in [0.2, 0.25) is 5.91 Å². The number of carbonyl (C=O) groups is 2. The Morgan fingerprint density at radius 1 is 1.38 bits per heavy atom. The van der Waals surface area contributed by atoms with Crippen LogP contribution in [0.4, 0.5) is 5.13 Å². The maximum atomic E-state index is 12.3. The summed E-state index contributed by atoms with van der Waals surface area (Å²) in [5.74, 6) is -0.352. The number of carbonyl (C=O) groups excluding carboxylic acids is 2. The van der Waals surface area contributed by atoms with Crippen LogP contribution in [-0.2, 0) is 14.3 Å². The van der Waals surface area contributed by atoms with Gasteiger partial charge in [-0.25, -0.2) is 4.98 Å². The number of aromatic nitrogens is 1. The second kappa shape index (κ2) is 7.23. The van der Waals surface area contributed by atoms with E-state index in [0.717, 1.165) is 16.9 Å². The SMILES string of the molecule is N#Cc1sc(NC(=O)C2CCC(OC=O)C2)nc1-c1ccccc1. The highest BCUT2D eigenvalue weighted by atomic mass is 32.1. The van der Waals surface area contributed by atoms with Crippen molar-refractivity contribution in [3.63, 3.8) is 0 Å². The number of hydrogen-bond donors (Lipinski definition) is 1. The first-order chi connectivity index (χ1) is 11.7. The number of nitrogens with zero attached hydrogens (tertiary/aromatic N) is 2. The van der Waals surface area contributed by atoms with E-state index in [1.165, 1.54) is 0 Å². The van der Waals surface area contributed by atoms with E-state index in [1.807, 2.05) is 30.3 Å². The van der Waals surface area contributed by atoms with Gasteiger partial charge in [-0.15, -0.1) is 0 Å². The van der Waals surface area contributed by atoms with Crippen LogP contribution >= 0.6 is 11.3 Å². The van der Waals surface area contributed by atoms with E-state index in [-0.39, 0.29) is 17.9 Å². The zero-order valence-corrected chi connectivity index (χ0v) is 13.6. The Morgan fingerprint density at radius 3 is 2.88 bits per heavy atom. The van der Waals surface area contributed by atoms with Crippen molar-refractivity contribution in [3.8, 4) is 17.3 Å². The van der Waals surface area contributed by atoms with E-state index < -0.39 is 0 Å². The molecule has 1 amide bonds. The molecule has 2 aromatic rings. The van der Waals surface area contributed by atoms with Crippen molar-refractivity contribution in [3.05, 3.63) is 35.2 Å². The monoisotopic (exact) mass is 341 g/mol. The topological polar surface area (TPSA) is 92.1 Å². The summed E-state index contributed by atoms with van der Waals surface area (Å²) in [4.78, 5) is 27.6. The predicted octanol–water partition coefficient (Wildman–Crippen LogP) is 2.96. The lowest BCUT2D eigenvalue weighted by atomic mass is 10.1. The zero-order valence-electron chi connectivity index (χ0n) is 12.8. The number of amides is 1. The fraction of sp³-hybridized carbons (Fsp3) is 0.294. The Morgan fingerprint density at radius 2 is 2.17 bits per heavy atom. The molecular weight excluding hydrogens is 326 g/mol. The maximum Gasteiger partial charge on any atom is 0.293 e. The molecule has 1 saturated carbocycles. The van der Waals surface area contributed by atoms with Gasteiger partial charge in [-0.3, -0.25) is 9.59 Å². The molecule has 24 heavy (non-hydrogen) atoms. The highest BCUT2D eigenvalue weighted by Gasteiger charge is 2.31. The molecular formula is C17H15N3O3S. The molecule has 2 atom stereocenters. The van der Waals surface area contributed by atoms with Crippen molar-refractivity contribution >= 4 is 28.8 Å². The van der Waals surface area contributed by atoms with Gasteiger partial charge in [-0.2, -0.15) is 5.26 Å². The summed E-state index contributed by atoms with van der Waals surface area (Å²) >= 11 is 1.16. The van der Waals surface area contributed by atoms with E-state index in [1.54, 1.807) is 0 Å². The van der Waals surface area contributed by atoms with Crippen LogP contribution in [0.15, 0.2) is 30.3 Å². The van der Waals surface area contributed by atoms with Crippen LogP contribution in [0.3, 0.4) is 0 Å². The first kappa shape index (κ1) is 16.1. The van der Waals surface area contributed by atoms with E-state index in [4.69, 9.17) is 4.74 Å². The predicted molar refractivity (Wildman–Crippen MR) is 89.2 cm³/mol. The van der Waals surface area contributed by atoms with Gasteiger partial charge in [-0.05, 0) is 19.3 Å². The molecule has 0 radical (unpaired) electrons. The van der Waals surface area contributed by atoms with Crippen LogP contribution in [0.1, 0.15) is 24.1 Å². The van der Waals surface area contributed by atoms with Crippen molar-refractivity contribution in [2.75, 3.05) is 5.32 Å². The Bertz CT molecular complexity index is 782. The first-order valence-electron chi connectivity index (χ1n) is 7.57. The second-order valence-corrected chi connectivity index (χ2v) is 6.53. The lowest BCUT2D eigenvalue weighted by Crippen LogP contribution is -2.21. The molecule has 6 nitrogen and oxygen atoms in total. The molecule has 1 fully saturated rings. The lowest BCUT2D eigenvalue weighted by Gasteiger charge is -2.09. The molecule has 0 spiro atoms. The summed E-state index contributed by atoms with van der Waals surface area (Å²) in [5, 5.41) is 12.5. The fourth-order valence-electron chi connectivity index (χ4n) is 2.83. The van der Waals surface area contributed by atoms with E-state index in [9.17, 15) is 14.9 Å². The summed E-state index contributed by atoms with van der Waals surface area (Å²) in [7, 11) is 0. The number of rotatable bonds is 5. The number of anilines is 1. The van der Waals surface area contributed by atoms with Gasteiger partial charge in [0.15, 0.2) is 5.13 Å². The van der Waals surface area contributed by atoms with Crippen molar-refractivity contribution in [2.45, 2.75) is 25.4 Å². The molecule has 1 aliphatic carbocycles. The molecule has 1 aliphatic rings. The van der Waals surface area contributed by atoms with Crippen molar-refractivity contribution < 1.29 is 14.3 Å². The van der Waals surface area contributed by atoms with Gasteiger partial charge < -0.3 is 10.1 Å². The third kappa shape index (κ3) is 3.44. The molecule has 1 N–H and O–H groups in total. The van der Waals surface area contributed by atoms with Crippen LogP contribution in [-0.4, -0.2) is 23.5 Å². The van der Waals surface area contributed by atoms with Gasteiger partial charge in [0, 0.05) is 11.5 Å². The smallest absolute Gasteiger partial charge is 0.293 e. The lowest BCUT2D eigenvalue weighted by molar-refractivity contribution is -0.134. The average molecular weight is 341 g/mol. The maximum absolute atomic E-state index is 12.3. The molecule has 2 unspecified atom stereocenters. The fourth-order valence-corrected chi connectivity index (χ4v) is 3.62. The minimum absolute atomic E-state index is 0.148. The summed E-state index contributed by atoms with van der Waals surface area (Å²) < 4.78 is 4.92. The van der Waals surface area contributed by atoms with Gasteiger partial charge in [0.25, 0.3) is 6.47 Å². The number of hydrogen-bond acceptors (Lipinski definition) is 6. The summed E-state index contributed by atoms with van der Waals surface area (Å²) in [6.07, 6.45) is 1.69. The third-order valence-electron chi connectivity index (χ3n) is 4.01. The molecule has 0 aliphatic heterocycles. The number of thiazole rings is 1. The van der Waals surface area contributed by atoms with Crippen molar-refractivity contribution in [1.29, 1.82) is 5.26 Å². The highest BCUT2D eigenvalue weighted by molar-refractivity contribution is 7.16. The molecule has 1 aromatic carbocycles. The number of nitrogens with one attached hydrogen (secondary N) is 1. The van der Waals surface area contributed by atoms with Crippen LogP contribution < -0.4 is 5.32 Å². The Labute approximate surface area is 143 Å². The summed E-state index contributed by atoms with van der Waals surface area (Å²) in [5.41, 5.74) is 1.41. The Balaban J connectivity index is 1.72. The summed E-state index contributed by atoms with van der Waals surface area (Å²) in [6.45, 7) is 0.428. The standard InChI is InChI=1S/C17H15N3O3S/c18-9-14-15(11-4-2-1-3-5-11)19-17(24-14)20-16(22)12-6-7-13(8-12)23-10-21/h1-5,10,12-13H,6-8H2,(H,19,20,22). The van der Waals surface area contributed by atoms with Crippen LogP contribution in [0.5, 0.6) is 0 Å². The largest absolute Gasteiger partial charge is 0.465 e. The van der Waals surface area contributed by atoms with Crippen LogP contribution in [0.2, 0.25) is 0 Å². The van der Waals surface area contributed by atoms with Crippen LogP contribution in [0.25, 0.3) is 11.3 Å². The quantitative estimate of drug-likeness (QED) is 0.844. The number of benzene rings is 1. The summed E-state index contributed by atoms with van der Waals surface area (Å²) in [6, 6.07) is 11.5. The van der Waals surface area contributed by atoms with Gasteiger partial charge >= 0.3 is 0 Å². The minimum Gasteiger partial charge on any atom is -0.465 e.